The number of hydrogen-bond acceptors (Lipinski definition) is 3. The monoisotopic (exact) mass is 278 g/mol. The van der Waals surface area contributed by atoms with Crippen molar-refractivity contribution in [2.45, 2.75) is 39.2 Å². The molecule has 1 aliphatic heterocycles. The first-order valence-corrected chi connectivity index (χ1v) is 7.39. The fraction of sp³-hybridized carbons (Fsp3) is 0.353. The van der Waals surface area contributed by atoms with Gasteiger partial charge in [-0.3, -0.25) is 0 Å². The van der Waals surface area contributed by atoms with E-state index in [0.717, 1.165) is 37.2 Å². The first kappa shape index (κ1) is 13.6. The van der Waals surface area contributed by atoms with Crippen LogP contribution in [0.3, 0.4) is 0 Å². The summed E-state index contributed by atoms with van der Waals surface area (Å²) >= 11 is 0. The van der Waals surface area contributed by atoms with E-state index in [9.17, 15) is 5.26 Å². The lowest BCUT2D eigenvalue weighted by Crippen LogP contribution is -2.05. The number of hydrogen-bond donors (Lipinski definition) is 0. The van der Waals surface area contributed by atoms with Crippen LogP contribution in [0.25, 0.3) is 11.6 Å². The number of aryl methyl sites for hydroxylation is 2. The molecule has 2 heterocycles. The second-order valence-corrected chi connectivity index (χ2v) is 5.48. The summed E-state index contributed by atoms with van der Waals surface area (Å²) in [6.45, 7) is 2.96. The van der Waals surface area contributed by atoms with Crippen LogP contribution in [-0.2, 0) is 13.0 Å². The molecule has 2 aromatic rings. The third kappa shape index (κ3) is 2.87. The van der Waals surface area contributed by atoms with E-state index in [4.69, 9.17) is 0 Å². The lowest BCUT2D eigenvalue weighted by Gasteiger charge is -2.05. The molecule has 106 valence electrons. The quantitative estimate of drug-likeness (QED) is 0.791. The summed E-state index contributed by atoms with van der Waals surface area (Å²) in [6, 6.07) is 10.4. The highest BCUT2D eigenvalue weighted by Crippen LogP contribution is 2.21. The van der Waals surface area contributed by atoms with Crippen LogP contribution >= 0.6 is 0 Å². The van der Waals surface area contributed by atoms with Crippen molar-refractivity contribution >= 4 is 11.6 Å². The van der Waals surface area contributed by atoms with E-state index in [1.807, 2.05) is 30.3 Å². The van der Waals surface area contributed by atoms with E-state index >= 15 is 0 Å². The van der Waals surface area contributed by atoms with Gasteiger partial charge in [0.05, 0.1) is 5.57 Å². The van der Waals surface area contributed by atoms with E-state index < -0.39 is 0 Å². The summed E-state index contributed by atoms with van der Waals surface area (Å²) in [7, 11) is 0. The Bertz CT molecular complexity index is 701. The fourth-order valence-electron chi connectivity index (χ4n) is 2.66. The Morgan fingerprint density at radius 3 is 2.76 bits per heavy atom. The number of benzene rings is 1. The third-order valence-corrected chi connectivity index (χ3v) is 3.86. The molecule has 1 aromatic carbocycles. The largest absolute Gasteiger partial charge is 0.310 e. The SMILES string of the molecule is Cc1ccc(/C=C(/C#N)c2nnc3n2CCCCC3)cc1. The lowest BCUT2D eigenvalue weighted by atomic mass is 10.1. The van der Waals surface area contributed by atoms with Crippen molar-refractivity contribution in [3.05, 3.63) is 47.0 Å². The van der Waals surface area contributed by atoms with Gasteiger partial charge in [-0.15, -0.1) is 10.2 Å². The molecular formula is C17H18N4. The number of rotatable bonds is 2. The number of allylic oxidation sites excluding steroid dienone is 1. The minimum Gasteiger partial charge on any atom is -0.310 e. The molecule has 0 atom stereocenters. The molecule has 0 spiro atoms. The van der Waals surface area contributed by atoms with Gasteiger partial charge in [-0.05, 0) is 31.4 Å². The van der Waals surface area contributed by atoms with Crippen LogP contribution < -0.4 is 0 Å². The molecule has 3 rings (SSSR count). The van der Waals surface area contributed by atoms with Gasteiger partial charge in [0.2, 0.25) is 0 Å². The summed E-state index contributed by atoms with van der Waals surface area (Å²) in [5.74, 6) is 1.71. The molecule has 0 fully saturated rings. The van der Waals surface area contributed by atoms with Crippen molar-refractivity contribution in [3.8, 4) is 6.07 Å². The summed E-state index contributed by atoms with van der Waals surface area (Å²) in [5.41, 5.74) is 2.81. The Morgan fingerprint density at radius 1 is 1.19 bits per heavy atom. The van der Waals surface area contributed by atoms with Gasteiger partial charge in [0.15, 0.2) is 5.82 Å². The van der Waals surface area contributed by atoms with Crippen molar-refractivity contribution in [1.29, 1.82) is 5.26 Å². The van der Waals surface area contributed by atoms with E-state index in [0.29, 0.717) is 11.4 Å². The number of fused-ring (bicyclic) bond motifs is 1. The molecule has 0 aliphatic carbocycles. The van der Waals surface area contributed by atoms with E-state index in [2.05, 4.69) is 27.8 Å². The molecule has 1 aliphatic rings. The normalized spacial score (nSPS) is 15.1. The zero-order valence-electron chi connectivity index (χ0n) is 12.2. The van der Waals surface area contributed by atoms with Crippen LogP contribution in [0.5, 0.6) is 0 Å². The van der Waals surface area contributed by atoms with E-state index in [1.165, 1.54) is 12.0 Å². The average Bonchev–Trinajstić information content (AvgIpc) is 2.75. The fourth-order valence-corrected chi connectivity index (χ4v) is 2.66. The highest BCUT2D eigenvalue weighted by Gasteiger charge is 2.17. The Morgan fingerprint density at radius 2 is 2.00 bits per heavy atom. The van der Waals surface area contributed by atoms with Crippen LogP contribution in [0, 0.1) is 18.3 Å². The van der Waals surface area contributed by atoms with Crippen molar-refractivity contribution in [2.75, 3.05) is 0 Å². The number of nitriles is 1. The van der Waals surface area contributed by atoms with Crippen LogP contribution in [0.4, 0.5) is 0 Å². The third-order valence-electron chi connectivity index (χ3n) is 3.86. The van der Waals surface area contributed by atoms with Crippen molar-refractivity contribution in [3.63, 3.8) is 0 Å². The van der Waals surface area contributed by atoms with Crippen LogP contribution in [0.1, 0.15) is 42.0 Å². The van der Waals surface area contributed by atoms with E-state index in [-0.39, 0.29) is 0 Å². The summed E-state index contributed by atoms with van der Waals surface area (Å²) in [4.78, 5) is 0. The lowest BCUT2D eigenvalue weighted by molar-refractivity contribution is 0.627. The summed E-state index contributed by atoms with van der Waals surface area (Å²) in [5, 5.41) is 18.0. The van der Waals surface area contributed by atoms with Gasteiger partial charge in [-0.25, -0.2) is 0 Å². The topological polar surface area (TPSA) is 54.5 Å². The molecule has 21 heavy (non-hydrogen) atoms. The summed E-state index contributed by atoms with van der Waals surface area (Å²) in [6.07, 6.45) is 6.34. The number of nitrogens with zero attached hydrogens (tertiary/aromatic N) is 4. The van der Waals surface area contributed by atoms with E-state index in [1.54, 1.807) is 0 Å². The first-order chi connectivity index (χ1) is 10.3. The molecule has 0 unspecified atom stereocenters. The predicted octanol–water partition coefficient (Wildman–Crippen LogP) is 3.38. The Labute approximate surface area is 124 Å². The molecule has 0 amide bonds. The summed E-state index contributed by atoms with van der Waals surface area (Å²) < 4.78 is 2.11. The second-order valence-electron chi connectivity index (χ2n) is 5.48. The van der Waals surface area contributed by atoms with Crippen LogP contribution in [0.15, 0.2) is 24.3 Å². The van der Waals surface area contributed by atoms with Crippen LogP contribution in [0.2, 0.25) is 0 Å². The van der Waals surface area contributed by atoms with Gasteiger partial charge in [0, 0.05) is 13.0 Å². The highest BCUT2D eigenvalue weighted by molar-refractivity contribution is 5.87. The zero-order valence-corrected chi connectivity index (χ0v) is 12.2. The smallest absolute Gasteiger partial charge is 0.174 e. The molecule has 0 radical (unpaired) electrons. The molecule has 4 heteroatoms. The molecule has 0 saturated carbocycles. The minimum absolute atomic E-state index is 0.583. The maximum absolute atomic E-state index is 9.49. The van der Waals surface area contributed by atoms with Gasteiger partial charge in [-0.1, -0.05) is 36.2 Å². The molecule has 0 saturated heterocycles. The van der Waals surface area contributed by atoms with Gasteiger partial charge in [0.1, 0.15) is 11.9 Å². The van der Waals surface area contributed by atoms with Gasteiger partial charge in [0.25, 0.3) is 0 Å². The van der Waals surface area contributed by atoms with Gasteiger partial charge < -0.3 is 4.57 Å². The molecule has 0 N–H and O–H groups in total. The molecule has 4 nitrogen and oxygen atoms in total. The standard InChI is InChI=1S/C17H18N4/c1-13-6-8-14(9-7-13)11-15(12-18)17-20-19-16-5-3-2-4-10-21(16)17/h6-9,11H,2-5,10H2,1H3/b15-11-. The van der Waals surface area contributed by atoms with Gasteiger partial charge >= 0.3 is 0 Å². The Balaban J connectivity index is 1.99. The zero-order chi connectivity index (χ0) is 14.7. The van der Waals surface area contributed by atoms with Crippen LogP contribution in [-0.4, -0.2) is 14.8 Å². The van der Waals surface area contributed by atoms with Crippen molar-refractivity contribution < 1.29 is 0 Å². The molecule has 0 bridgehead atoms. The number of aromatic nitrogens is 3. The first-order valence-electron chi connectivity index (χ1n) is 7.39. The van der Waals surface area contributed by atoms with Gasteiger partial charge in [-0.2, -0.15) is 5.26 Å². The maximum Gasteiger partial charge on any atom is 0.174 e. The Hall–Kier alpha value is -2.41. The maximum atomic E-state index is 9.49. The average molecular weight is 278 g/mol. The van der Waals surface area contributed by atoms with Crippen molar-refractivity contribution in [1.82, 2.24) is 14.8 Å². The molecular weight excluding hydrogens is 260 g/mol. The second kappa shape index (κ2) is 5.92. The minimum atomic E-state index is 0.583. The Kier molecular flexibility index (Phi) is 3.83. The molecule has 1 aromatic heterocycles. The van der Waals surface area contributed by atoms with Crippen molar-refractivity contribution in [2.24, 2.45) is 0 Å². The predicted molar refractivity (Wildman–Crippen MR) is 82.2 cm³/mol. The highest BCUT2D eigenvalue weighted by atomic mass is 15.3.